The number of nitrogen functional groups attached to an aromatic ring is 1. The van der Waals surface area contributed by atoms with Gasteiger partial charge in [-0.2, -0.15) is 10.1 Å². The molecule has 0 fully saturated rings. The number of nitrogens with two attached hydrogens (primary N) is 1. The molecule has 0 saturated carbocycles. The maximum Gasteiger partial charge on any atom is 0.239 e. The van der Waals surface area contributed by atoms with Crippen molar-refractivity contribution in [1.82, 2.24) is 19.7 Å². The van der Waals surface area contributed by atoms with E-state index in [1.54, 1.807) is 10.9 Å². The highest BCUT2D eigenvalue weighted by atomic mass is 79.9. The van der Waals surface area contributed by atoms with Crippen LogP contribution in [0.25, 0.3) is 0 Å². The summed E-state index contributed by atoms with van der Waals surface area (Å²) in [5, 5.41) is 7.56. The fourth-order valence-corrected chi connectivity index (χ4v) is 1.84. The Hall–Kier alpha value is -1.67. The molecule has 0 aliphatic rings. The summed E-state index contributed by atoms with van der Waals surface area (Å²) in [7, 11) is 1.88. The number of aryl methyl sites for hydroxylation is 2. The quantitative estimate of drug-likeness (QED) is 0.586. The van der Waals surface area contributed by atoms with E-state index in [1.165, 1.54) is 0 Å². The summed E-state index contributed by atoms with van der Waals surface area (Å²) in [6.07, 6.45) is 4.38. The first-order chi connectivity index (χ1) is 8.63. The second kappa shape index (κ2) is 5.32. The lowest BCUT2D eigenvalue weighted by atomic mass is 10.3. The third kappa shape index (κ3) is 2.59. The van der Waals surface area contributed by atoms with Crippen molar-refractivity contribution < 1.29 is 0 Å². The van der Waals surface area contributed by atoms with Crippen LogP contribution >= 0.6 is 15.9 Å². The molecule has 18 heavy (non-hydrogen) atoms. The molecule has 0 bridgehead atoms. The summed E-state index contributed by atoms with van der Waals surface area (Å²) < 4.78 is 2.52. The minimum absolute atomic E-state index is 0.350. The second-order valence-corrected chi connectivity index (χ2v) is 4.53. The van der Waals surface area contributed by atoms with Crippen molar-refractivity contribution in [3.05, 3.63) is 22.6 Å². The molecule has 2 rings (SSSR count). The molecule has 0 atom stereocenters. The molecule has 96 valence electrons. The Balaban J connectivity index is 2.32. The van der Waals surface area contributed by atoms with Gasteiger partial charge >= 0.3 is 0 Å². The molecular weight excluding hydrogens is 298 g/mol. The van der Waals surface area contributed by atoms with E-state index in [-0.39, 0.29) is 0 Å². The van der Waals surface area contributed by atoms with E-state index in [0.29, 0.717) is 11.8 Å². The Morgan fingerprint density at radius 3 is 2.94 bits per heavy atom. The Labute approximate surface area is 113 Å². The Morgan fingerprint density at radius 2 is 2.28 bits per heavy atom. The number of hydrogen-bond acceptors (Lipinski definition) is 6. The van der Waals surface area contributed by atoms with Crippen LogP contribution in [0, 0.1) is 0 Å². The average molecular weight is 312 g/mol. The van der Waals surface area contributed by atoms with E-state index in [2.05, 4.69) is 48.7 Å². The number of anilines is 3. The molecule has 0 amide bonds. The molecule has 7 nitrogen and oxygen atoms in total. The van der Waals surface area contributed by atoms with E-state index in [4.69, 9.17) is 5.84 Å². The van der Waals surface area contributed by atoms with Crippen molar-refractivity contribution in [2.24, 2.45) is 12.9 Å². The van der Waals surface area contributed by atoms with Gasteiger partial charge in [0.15, 0.2) is 5.82 Å². The Morgan fingerprint density at radius 1 is 1.50 bits per heavy atom. The first-order valence-corrected chi connectivity index (χ1v) is 6.22. The highest BCUT2D eigenvalue weighted by Gasteiger charge is 2.10. The van der Waals surface area contributed by atoms with E-state index < -0.39 is 0 Å². The number of hydrogen-bond donors (Lipinski definition) is 3. The number of hydrazine groups is 1. The van der Waals surface area contributed by atoms with Gasteiger partial charge in [-0.05, 0) is 22.4 Å². The largest absolute Gasteiger partial charge is 0.336 e. The standard InChI is InChI=1S/C10H14BrN7/c1-3-7-8(5-18(2)17-7)14-9-6(11)4-13-10(15-9)16-12/h4-5H,3,12H2,1-2H3,(H2,13,14,15,16). The number of rotatable bonds is 4. The van der Waals surface area contributed by atoms with Crippen LogP contribution in [0.5, 0.6) is 0 Å². The van der Waals surface area contributed by atoms with Crippen molar-refractivity contribution in [1.29, 1.82) is 0 Å². The number of aromatic nitrogens is 4. The van der Waals surface area contributed by atoms with Crippen LogP contribution in [0.2, 0.25) is 0 Å². The van der Waals surface area contributed by atoms with E-state index in [1.807, 2.05) is 13.2 Å². The molecule has 0 aromatic carbocycles. The monoisotopic (exact) mass is 311 g/mol. The molecule has 0 unspecified atom stereocenters. The molecule has 2 heterocycles. The van der Waals surface area contributed by atoms with Crippen LogP contribution in [0.3, 0.4) is 0 Å². The van der Waals surface area contributed by atoms with Gasteiger partial charge < -0.3 is 5.32 Å². The van der Waals surface area contributed by atoms with Crippen LogP contribution in [0.1, 0.15) is 12.6 Å². The molecule has 0 aliphatic heterocycles. The highest BCUT2D eigenvalue weighted by molar-refractivity contribution is 9.10. The van der Waals surface area contributed by atoms with Gasteiger partial charge in [0.25, 0.3) is 0 Å². The average Bonchev–Trinajstić information content (AvgIpc) is 2.72. The molecule has 4 N–H and O–H groups in total. The smallest absolute Gasteiger partial charge is 0.239 e. The van der Waals surface area contributed by atoms with E-state index in [0.717, 1.165) is 22.3 Å². The van der Waals surface area contributed by atoms with Gasteiger partial charge in [0, 0.05) is 19.4 Å². The van der Waals surface area contributed by atoms with Crippen molar-refractivity contribution in [2.75, 3.05) is 10.7 Å². The fraction of sp³-hybridized carbons (Fsp3) is 0.300. The van der Waals surface area contributed by atoms with Crippen molar-refractivity contribution >= 4 is 33.4 Å². The molecule has 0 radical (unpaired) electrons. The van der Waals surface area contributed by atoms with Gasteiger partial charge in [-0.3, -0.25) is 10.1 Å². The first-order valence-electron chi connectivity index (χ1n) is 5.42. The zero-order valence-electron chi connectivity index (χ0n) is 10.1. The number of nitrogens with one attached hydrogen (secondary N) is 2. The summed E-state index contributed by atoms with van der Waals surface area (Å²) in [4.78, 5) is 8.22. The molecule has 0 aliphatic carbocycles. The van der Waals surface area contributed by atoms with Crippen molar-refractivity contribution in [2.45, 2.75) is 13.3 Å². The zero-order chi connectivity index (χ0) is 13.1. The van der Waals surface area contributed by atoms with Gasteiger partial charge in [0.2, 0.25) is 5.95 Å². The van der Waals surface area contributed by atoms with Crippen molar-refractivity contribution in [3.8, 4) is 0 Å². The fourth-order valence-electron chi connectivity index (χ4n) is 1.55. The summed E-state index contributed by atoms with van der Waals surface area (Å²) in [5.41, 5.74) is 4.31. The molecule has 2 aromatic heterocycles. The Bertz CT molecular complexity index is 551. The zero-order valence-corrected chi connectivity index (χ0v) is 11.7. The lowest BCUT2D eigenvalue weighted by Crippen LogP contribution is -2.11. The van der Waals surface area contributed by atoms with Crippen LogP contribution in [-0.4, -0.2) is 19.7 Å². The van der Waals surface area contributed by atoms with E-state index in [9.17, 15) is 0 Å². The highest BCUT2D eigenvalue weighted by Crippen LogP contribution is 2.25. The van der Waals surface area contributed by atoms with Gasteiger partial charge in [-0.1, -0.05) is 6.92 Å². The third-order valence-corrected chi connectivity index (χ3v) is 2.95. The lowest BCUT2D eigenvalue weighted by Gasteiger charge is -2.07. The van der Waals surface area contributed by atoms with Gasteiger partial charge in [-0.25, -0.2) is 10.8 Å². The summed E-state index contributed by atoms with van der Waals surface area (Å²) >= 11 is 3.39. The minimum atomic E-state index is 0.350. The van der Waals surface area contributed by atoms with Crippen LogP contribution in [-0.2, 0) is 13.5 Å². The molecule has 0 saturated heterocycles. The summed E-state index contributed by atoms with van der Waals surface area (Å²) in [6, 6.07) is 0. The molecule has 0 spiro atoms. The first kappa shape index (κ1) is 12.8. The van der Waals surface area contributed by atoms with Gasteiger partial charge in [0.05, 0.1) is 15.9 Å². The second-order valence-electron chi connectivity index (χ2n) is 3.68. The Kier molecular flexibility index (Phi) is 3.78. The van der Waals surface area contributed by atoms with Crippen molar-refractivity contribution in [3.63, 3.8) is 0 Å². The third-order valence-electron chi connectivity index (χ3n) is 2.37. The molecular formula is C10H14BrN7. The normalized spacial score (nSPS) is 10.4. The van der Waals surface area contributed by atoms with Crippen LogP contribution in [0.15, 0.2) is 16.9 Å². The minimum Gasteiger partial charge on any atom is -0.336 e. The maximum absolute atomic E-state index is 5.29. The SMILES string of the molecule is CCc1nn(C)cc1Nc1nc(NN)ncc1Br. The van der Waals surface area contributed by atoms with Crippen LogP contribution < -0.4 is 16.6 Å². The molecule has 8 heteroatoms. The molecule has 2 aromatic rings. The van der Waals surface area contributed by atoms with Gasteiger partial charge in [-0.15, -0.1) is 0 Å². The van der Waals surface area contributed by atoms with Crippen LogP contribution in [0.4, 0.5) is 17.5 Å². The number of nitrogens with zero attached hydrogens (tertiary/aromatic N) is 4. The van der Waals surface area contributed by atoms with E-state index >= 15 is 0 Å². The predicted molar refractivity (Wildman–Crippen MR) is 73.4 cm³/mol. The summed E-state index contributed by atoms with van der Waals surface area (Å²) in [6.45, 7) is 2.05. The topological polar surface area (TPSA) is 93.7 Å². The van der Waals surface area contributed by atoms with Gasteiger partial charge in [0.1, 0.15) is 0 Å². The predicted octanol–water partition coefficient (Wildman–Crippen LogP) is 1.56. The maximum atomic E-state index is 5.29. The lowest BCUT2D eigenvalue weighted by molar-refractivity contribution is 0.746. The summed E-state index contributed by atoms with van der Waals surface area (Å²) in [5.74, 6) is 6.28. The number of halogens is 1.